The van der Waals surface area contributed by atoms with Crippen LogP contribution in [-0.2, 0) is 23.0 Å². The van der Waals surface area contributed by atoms with E-state index in [1.54, 1.807) is 4.31 Å². The maximum Gasteiger partial charge on any atom is 0.216 e. The van der Waals surface area contributed by atoms with Gasteiger partial charge in [0.1, 0.15) is 0 Å². The van der Waals surface area contributed by atoms with Crippen molar-refractivity contribution in [2.75, 3.05) is 12.3 Å². The number of hydrogen-bond acceptors (Lipinski definition) is 4. The van der Waals surface area contributed by atoms with E-state index in [0.29, 0.717) is 19.5 Å². The van der Waals surface area contributed by atoms with Gasteiger partial charge in [-0.3, -0.25) is 0 Å². The Labute approximate surface area is 133 Å². The van der Waals surface area contributed by atoms with Crippen molar-refractivity contribution >= 4 is 10.0 Å². The molecule has 2 rings (SSSR count). The summed E-state index contributed by atoms with van der Waals surface area (Å²) in [7, 11) is -3.36. The fourth-order valence-corrected chi connectivity index (χ4v) is 4.56. The van der Waals surface area contributed by atoms with E-state index < -0.39 is 16.1 Å². The smallest absolute Gasteiger partial charge is 0.216 e. The Morgan fingerprint density at radius 1 is 1.27 bits per heavy atom. The van der Waals surface area contributed by atoms with E-state index in [1.807, 2.05) is 18.2 Å². The first kappa shape index (κ1) is 17.4. The van der Waals surface area contributed by atoms with Crippen molar-refractivity contribution in [3.63, 3.8) is 0 Å². The molecule has 0 radical (unpaired) electrons. The lowest BCUT2D eigenvalue weighted by atomic mass is 10.0. The quantitative estimate of drug-likeness (QED) is 0.568. The average Bonchev–Trinajstić information content (AvgIpc) is 2.53. The zero-order valence-corrected chi connectivity index (χ0v) is 14.0. The molecule has 1 unspecified atom stereocenters. The normalized spacial score (nSPS) is 17.2. The van der Waals surface area contributed by atoms with Gasteiger partial charge in [0.25, 0.3) is 0 Å². The van der Waals surface area contributed by atoms with Crippen molar-refractivity contribution in [3.8, 4) is 0 Å². The van der Waals surface area contributed by atoms with E-state index >= 15 is 0 Å². The highest BCUT2D eigenvalue weighted by Crippen LogP contribution is 2.21. The van der Waals surface area contributed by atoms with Crippen LogP contribution in [-0.4, -0.2) is 36.3 Å². The molecule has 124 valence electrons. The fraction of sp³-hybridized carbons (Fsp3) is 0.625. The van der Waals surface area contributed by atoms with Crippen molar-refractivity contribution in [2.24, 2.45) is 0 Å². The van der Waals surface area contributed by atoms with Gasteiger partial charge in [0.05, 0.1) is 5.75 Å². The second-order valence-electron chi connectivity index (χ2n) is 5.95. The minimum atomic E-state index is -3.36. The third-order valence-corrected chi connectivity index (χ3v) is 6.16. The van der Waals surface area contributed by atoms with E-state index in [9.17, 15) is 13.6 Å². The van der Waals surface area contributed by atoms with Crippen molar-refractivity contribution in [3.05, 3.63) is 35.4 Å². The summed E-state index contributed by atoms with van der Waals surface area (Å²) in [4.78, 5) is 0. The summed E-state index contributed by atoms with van der Waals surface area (Å²) >= 11 is 0. The summed E-state index contributed by atoms with van der Waals surface area (Å²) in [6, 6.07) is 7.58. The second kappa shape index (κ2) is 8.06. The van der Waals surface area contributed by atoms with Crippen LogP contribution in [0.3, 0.4) is 0 Å². The van der Waals surface area contributed by atoms with Crippen molar-refractivity contribution < 1.29 is 13.6 Å². The van der Waals surface area contributed by atoms with E-state index in [2.05, 4.69) is 18.5 Å². The number of nitrogens with zero attached hydrogens (tertiary/aromatic N) is 1. The predicted molar refractivity (Wildman–Crippen MR) is 87.2 cm³/mol. The lowest BCUT2D eigenvalue weighted by molar-refractivity contribution is 0.128. The van der Waals surface area contributed by atoms with Gasteiger partial charge in [-0.05, 0) is 24.0 Å². The highest BCUT2D eigenvalue weighted by molar-refractivity contribution is 7.89. The lowest BCUT2D eigenvalue weighted by Gasteiger charge is -2.29. The van der Waals surface area contributed by atoms with Crippen LogP contribution >= 0.6 is 0 Å². The number of hydrogen-bond donors (Lipinski definition) is 2. The van der Waals surface area contributed by atoms with E-state index in [0.717, 1.165) is 31.2 Å². The molecule has 0 spiro atoms. The fourth-order valence-electron chi connectivity index (χ4n) is 2.89. The number of fused-ring (bicyclic) bond motifs is 1. The third-order valence-electron chi connectivity index (χ3n) is 4.24. The predicted octanol–water partition coefficient (Wildman–Crippen LogP) is 2.30. The van der Waals surface area contributed by atoms with Crippen LogP contribution < -0.4 is 5.48 Å². The largest absolute Gasteiger partial charge is 0.317 e. The Bertz CT molecular complexity index is 575. The molecule has 1 aliphatic rings. The number of benzene rings is 1. The summed E-state index contributed by atoms with van der Waals surface area (Å²) in [5.41, 5.74) is 4.48. The monoisotopic (exact) mass is 326 g/mol. The molecule has 0 aromatic heterocycles. The second-order valence-corrected chi connectivity index (χ2v) is 7.97. The molecule has 1 aromatic rings. The Morgan fingerprint density at radius 3 is 2.68 bits per heavy atom. The first-order chi connectivity index (χ1) is 10.6. The molecule has 5 nitrogen and oxygen atoms in total. The molecule has 0 saturated carbocycles. The molecule has 0 aliphatic carbocycles. The van der Waals surface area contributed by atoms with Gasteiger partial charge in [0.15, 0.2) is 0 Å². The van der Waals surface area contributed by atoms with Crippen LogP contribution in [0.1, 0.15) is 43.7 Å². The van der Waals surface area contributed by atoms with Crippen molar-refractivity contribution in [1.82, 2.24) is 9.79 Å². The Balaban J connectivity index is 1.98. The van der Waals surface area contributed by atoms with Gasteiger partial charge in [-0.25, -0.2) is 13.9 Å². The highest BCUT2D eigenvalue weighted by Gasteiger charge is 2.28. The van der Waals surface area contributed by atoms with Gasteiger partial charge < -0.3 is 5.21 Å². The Morgan fingerprint density at radius 2 is 2.00 bits per heavy atom. The summed E-state index contributed by atoms with van der Waals surface area (Å²) in [5, 5.41) is 9.21. The maximum absolute atomic E-state index is 12.6. The zero-order chi connectivity index (χ0) is 16.0. The van der Waals surface area contributed by atoms with Gasteiger partial charge >= 0.3 is 0 Å². The first-order valence-corrected chi connectivity index (χ1v) is 9.62. The van der Waals surface area contributed by atoms with Crippen LogP contribution in [0.5, 0.6) is 0 Å². The standard InChI is InChI=1S/C16H26N2O3S/c1-2-3-4-9-16(17-19)13-22(20,21)18-11-10-14-7-5-6-8-15(14)12-18/h5-8,16-17,19H,2-4,9-13H2,1H3. The topological polar surface area (TPSA) is 69.6 Å². The molecule has 1 aliphatic heterocycles. The molecule has 2 N–H and O–H groups in total. The molecule has 22 heavy (non-hydrogen) atoms. The average molecular weight is 326 g/mol. The summed E-state index contributed by atoms with van der Waals surface area (Å²) in [5.74, 6) is -0.0462. The van der Waals surface area contributed by atoms with Gasteiger partial charge in [0.2, 0.25) is 10.0 Å². The number of hydroxylamine groups is 1. The number of sulfonamides is 1. The Hall–Kier alpha value is -0.950. The molecular formula is C16H26N2O3S. The van der Waals surface area contributed by atoms with Gasteiger partial charge in [0, 0.05) is 19.1 Å². The number of nitrogens with one attached hydrogen (secondary N) is 1. The van der Waals surface area contributed by atoms with E-state index in [4.69, 9.17) is 0 Å². The molecule has 6 heteroatoms. The minimum Gasteiger partial charge on any atom is -0.317 e. The lowest BCUT2D eigenvalue weighted by Crippen LogP contribution is -2.43. The number of unbranched alkanes of at least 4 members (excludes halogenated alkanes) is 2. The number of rotatable bonds is 8. The van der Waals surface area contributed by atoms with Crippen LogP contribution in [0, 0.1) is 0 Å². The van der Waals surface area contributed by atoms with Gasteiger partial charge in [-0.2, -0.15) is 4.31 Å². The van der Waals surface area contributed by atoms with Gasteiger partial charge in [-0.15, -0.1) is 0 Å². The maximum atomic E-state index is 12.6. The molecule has 1 heterocycles. The third kappa shape index (κ3) is 4.52. The molecule has 0 bridgehead atoms. The van der Waals surface area contributed by atoms with Crippen LogP contribution in [0.15, 0.2) is 24.3 Å². The van der Waals surface area contributed by atoms with Crippen molar-refractivity contribution in [1.29, 1.82) is 0 Å². The zero-order valence-electron chi connectivity index (χ0n) is 13.2. The van der Waals surface area contributed by atoms with Crippen LogP contribution in [0.2, 0.25) is 0 Å². The molecule has 0 saturated heterocycles. The molecule has 1 atom stereocenters. The van der Waals surface area contributed by atoms with Crippen LogP contribution in [0.25, 0.3) is 0 Å². The minimum absolute atomic E-state index is 0.0462. The summed E-state index contributed by atoms with van der Waals surface area (Å²) in [6.07, 6.45) is 4.48. The van der Waals surface area contributed by atoms with Crippen molar-refractivity contribution in [2.45, 2.75) is 51.6 Å². The molecular weight excluding hydrogens is 300 g/mol. The van der Waals surface area contributed by atoms with E-state index in [1.165, 1.54) is 5.56 Å². The molecule has 1 aromatic carbocycles. The highest BCUT2D eigenvalue weighted by atomic mass is 32.2. The summed E-state index contributed by atoms with van der Waals surface area (Å²) in [6.45, 7) is 3.06. The first-order valence-electron chi connectivity index (χ1n) is 8.01. The van der Waals surface area contributed by atoms with Crippen LogP contribution in [0.4, 0.5) is 0 Å². The Kier molecular flexibility index (Phi) is 6.37. The molecule has 0 amide bonds. The SMILES string of the molecule is CCCCCC(CS(=O)(=O)N1CCc2ccccc2C1)NO. The molecule has 0 fully saturated rings. The van der Waals surface area contributed by atoms with E-state index in [-0.39, 0.29) is 5.75 Å². The summed E-state index contributed by atoms with van der Waals surface area (Å²) < 4.78 is 26.7. The van der Waals surface area contributed by atoms with Gasteiger partial charge in [-0.1, -0.05) is 50.5 Å².